The maximum Gasteiger partial charge on any atom is 0.500 e. The highest BCUT2D eigenvalue weighted by molar-refractivity contribution is 6.60. The second-order valence-electron chi connectivity index (χ2n) is 4.75. The Balaban J connectivity index is 2.18. The standard InChI is InChI=1S/C13H26N2O5Si/c1-12-14-6-7-15(12)10-13(16)11-20-8-5-9-21(17-2,18-3)19-4/h6-7,13,16H,5,8-11H2,1-4H3. The largest absolute Gasteiger partial charge is 0.500 e. The van der Waals surface area contributed by atoms with Crippen molar-refractivity contribution in [2.45, 2.75) is 32.0 Å². The molecule has 0 amide bonds. The molecule has 0 spiro atoms. The molecule has 0 radical (unpaired) electrons. The zero-order chi connectivity index (χ0) is 15.7. The van der Waals surface area contributed by atoms with Crippen LogP contribution in [0, 0.1) is 6.92 Å². The Kier molecular flexibility index (Phi) is 8.08. The summed E-state index contributed by atoms with van der Waals surface area (Å²) in [5.74, 6) is 0.880. The molecule has 1 unspecified atom stereocenters. The highest BCUT2D eigenvalue weighted by Gasteiger charge is 2.36. The van der Waals surface area contributed by atoms with Gasteiger partial charge in [0.1, 0.15) is 5.82 Å². The molecular weight excluding hydrogens is 292 g/mol. The molecule has 1 heterocycles. The number of hydrogen-bond acceptors (Lipinski definition) is 6. The predicted molar refractivity (Wildman–Crippen MR) is 80.0 cm³/mol. The molecule has 7 nitrogen and oxygen atoms in total. The Morgan fingerprint density at radius 2 is 1.95 bits per heavy atom. The Labute approximate surface area is 127 Å². The summed E-state index contributed by atoms with van der Waals surface area (Å²) < 4.78 is 23.4. The molecular formula is C13H26N2O5Si. The van der Waals surface area contributed by atoms with Crippen LogP contribution in [0.1, 0.15) is 12.2 Å². The van der Waals surface area contributed by atoms with E-state index >= 15 is 0 Å². The van der Waals surface area contributed by atoms with E-state index in [9.17, 15) is 5.11 Å². The fourth-order valence-corrected chi connectivity index (χ4v) is 3.73. The Morgan fingerprint density at radius 1 is 1.29 bits per heavy atom. The van der Waals surface area contributed by atoms with Crippen LogP contribution in [0.4, 0.5) is 0 Å². The molecule has 1 atom stereocenters. The zero-order valence-corrected chi connectivity index (χ0v) is 14.2. The Morgan fingerprint density at radius 3 is 2.48 bits per heavy atom. The molecule has 1 aromatic rings. The van der Waals surface area contributed by atoms with E-state index in [1.807, 2.05) is 17.7 Å². The van der Waals surface area contributed by atoms with Crippen molar-refractivity contribution in [1.29, 1.82) is 0 Å². The first kappa shape index (κ1) is 18.3. The number of aliphatic hydroxyl groups is 1. The van der Waals surface area contributed by atoms with E-state index in [0.29, 0.717) is 25.8 Å². The highest BCUT2D eigenvalue weighted by Crippen LogP contribution is 2.14. The van der Waals surface area contributed by atoms with Gasteiger partial charge < -0.3 is 27.7 Å². The van der Waals surface area contributed by atoms with Crippen LogP contribution in [0.5, 0.6) is 0 Å². The van der Waals surface area contributed by atoms with E-state index in [-0.39, 0.29) is 0 Å². The van der Waals surface area contributed by atoms with Crippen LogP contribution in [0.3, 0.4) is 0 Å². The number of rotatable bonds is 11. The number of nitrogens with zero attached hydrogens (tertiary/aromatic N) is 2. The van der Waals surface area contributed by atoms with Crippen LogP contribution in [-0.4, -0.2) is 64.1 Å². The molecule has 1 aromatic heterocycles. The molecule has 0 aliphatic heterocycles. The molecule has 8 heteroatoms. The number of aryl methyl sites for hydroxylation is 1. The number of aromatic nitrogens is 2. The summed E-state index contributed by atoms with van der Waals surface area (Å²) in [4.78, 5) is 4.11. The van der Waals surface area contributed by atoms with E-state index in [1.165, 1.54) is 0 Å². The molecule has 0 fully saturated rings. The van der Waals surface area contributed by atoms with Crippen molar-refractivity contribution < 1.29 is 23.1 Å². The average Bonchev–Trinajstić information content (AvgIpc) is 2.89. The monoisotopic (exact) mass is 318 g/mol. The van der Waals surface area contributed by atoms with Crippen molar-refractivity contribution >= 4 is 8.80 Å². The lowest BCUT2D eigenvalue weighted by molar-refractivity contribution is 0.0263. The molecule has 0 saturated carbocycles. The minimum absolute atomic E-state index is 0.291. The molecule has 21 heavy (non-hydrogen) atoms. The summed E-state index contributed by atoms with van der Waals surface area (Å²) in [7, 11) is 2.27. The van der Waals surface area contributed by atoms with Gasteiger partial charge in [0.2, 0.25) is 0 Å². The zero-order valence-electron chi connectivity index (χ0n) is 13.2. The lowest BCUT2D eigenvalue weighted by atomic mass is 10.3. The topological polar surface area (TPSA) is 75.0 Å². The summed E-state index contributed by atoms with van der Waals surface area (Å²) in [5.41, 5.74) is 0. The van der Waals surface area contributed by atoms with Gasteiger partial charge in [-0.1, -0.05) is 0 Å². The van der Waals surface area contributed by atoms with E-state index in [1.54, 1.807) is 27.5 Å². The van der Waals surface area contributed by atoms with Gasteiger partial charge in [-0.25, -0.2) is 4.98 Å². The number of imidazole rings is 1. The highest BCUT2D eigenvalue weighted by atomic mass is 28.4. The fraction of sp³-hybridized carbons (Fsp3) is 0.769. The summed E-state index contributed by atoms with van der Waals surface area (Å²) in [6, 6.07) is 0.688. The van der Waals surface area contributed by atoms with Crippen molar-refractivity contribution in [3.8, 4) is 0 Å². The maximum atomic E-state index is 9.90. The van der Waals surface area contributed by atoms with E-state index in [4.69, 9.17) is 18.0 Å². The molecule has 0 aliphatic rings. The Hall–Kier alpha value is -0.773. The minimum atomic E-state index is -2.51. The smallest absolute Gasteiger partial charge is 0.389 e. The van der Waals surface area contributed by atoms with Crippen molar-refractivity contribution in [1.82, 2.24) is 9.55 Å². The first-order valence-corrected chi connectivity index (χ1v) is 8.89. The average molecular weight is 318 g/mol. The van der Waals surface area contributed by atoms with Gasteiger partial charge in [-0.05, 0) is 13.3 Å². The van der Waals surface area contributed by atoms with Crippen LogP contribution in [0.25, 0.3) is 0 Å². The van der Waals surface area contributed by atoms with Crippen molar-refractivity contribution in [3.63, 3.8) is 0 Å². The molecule has 0 bridgehead atoms. The third-order valence-electron chi connectivity index (χ3n) is 3.35. The Bertz CT molecular complexity index is 389. The normalized spacial score (nSPS) is 13.6. The van der Waals surface area contributed by atoms with Gasteiger partial charge in [-0.2, -0.15) is 0 Å². The first-order chi connectivity index (χ1) is 10.1. The lowest BCUT2D eigenvalue weighted by Crippen LogP contribution is -2.42. The van der Waals surface area contributed by atoms with Crippen molar-refractivity contribution in [2.24, 2.45) is 0 Å². The van der Waals surface area contributed by atoms with Gasteiger partial charge in [0.05, 0.1) is 19.3 Å². The number of hydrogen-bond donors (Lipinski definition) is 1. The van der Waals surface area contributed by atoms with Crippen LogP contribution in [0.15, 0.2) is 12.4 Å². The molecule has 0 saturated heterocycles. The molecule has 122 valence electrons. The van der Waals surface area contributed by atoms with Gasteiger partial charge in [0.25, 0.3) is 0 Å². The van der Waals surface area contributed by atoms with E-state index in [0.717, 1.165) is 12.2 Å². The fourth-order valence-electron chi connectivity index (χ4n) is 2.04. The van der Waals surface area contributed by atoms with Crippen LogP contribution >= 0.6 is 0 Å². The summed E-state index contributed by atoms with van der Waals surface area (Å²) in [5, 5.41) is 9.90. The van der Waals surface area contributed by atoms with Gasteiger partial charge >= 0.3 is 8.80 Å². The van der Waals surface area contributed by atoms with Crippen LogP contribution < -0.4 is 0 Å². The quantitative estimate of drug-likeness (QED) is 0.481. The first-order valence-electron chi connectivity index (χ1n) is 6.96. The van der Waals surface area contributed by atoms with Gasteiger partial charge in [0.15, 0.2) is 0 Å². The number of ether oxygens (including phenoxy) is 1. The second kappa shape index (κ2) is 9.29. The SMILES string of the molecule is CO[Si](CCCOCC(O)Cn1ccnc1C)(OC)OC. The molecule has 1 rings (SSSR count). The van der Waals surface area contributed by atoms with Crippen LogP contribution in [0.2, 0.25) is 6.04 Å². The van der Waals surface area contributed by atoms with E-state index in [2.05, 4.69) is 4.98 Å². The van der Waals surface area contributed by atoms with Gasteiger partial charge in [-0.3, -0.25) is 0 Å². The second-order valence-corrected chi connectivity index (χ2v) is 7.85. The minimum Gasteiger partial charge on any atom is -0.389 e. The summed E-state index contributed by atoms with van der Waals surface area (Å²) >= 11 is 0. The maximum absolute atomic E-state index is 9.90. The molecule has 1 N–H and O–H groups in total. The summed E-state index contributed by atoms with van der Waals surface area (Å²) in [6.07, 6.45) is 3.77. The van der Waals surface area contributed by atoms with Crippen molar-refractivity contribution in [3.05, 3.63) is 18.2 Å². The molecule has 0 aromatic carbocycles. The van der Waals surface area contributed by atoms with Crippen molar-refractivity contribution in [2.75, 3.05) is 34.5 Å². The van der Waals surface area contributed by atoms with E-state index < -0.39 is 14.9 Å². The third kappa shape index (κ3) is 5.85. The van der Waals surface area contributed by atoms with Gasteiger partial charge in [-0.15, -0.1) is 0 Å². The summed E-state index contributed by atoms with van der Waals surface area (Å²) in [6.45, 7) is 3.21. The number of aliphatic hydroxyl groups excluding tert-OH is 1. The van der Waals surface area contributed by atoms with Gasteiger partial charge in [0, 0.05) is 46.4 Å². The third-order valence-corrected chi connectivity index (χ3v) is 6.18. The van der Waals surface area contributed by atoms with Crippen LogP contribution in [-0.2, 0) is 24.6 Å². The lowest BCUT2D eigenvalue weighted by Gasteiger charge is -2.24. The molecule has 0 aliphatic carbocycles. The predicted octanol–water partition coefficient (Wildman–Crippen LogP) is 0.837.